The summed E-state index contributed by atoms with van der Waals surface area (Å²) in [5.41, 5.74) is 4.10. The lowest BCUT2D eigenvalue weighted by molar-refractivity contribution is -0.384. The van der Waals surface area contributed by atoms with E-state index < -0.39 is 49.0 Å². The van der Waals surface area contributed by atoms with Crippen LogP contribution in [0, 0.1) is 21.3 Å². The van der Waals surface area contributed by atoms with Crippen molar-refractivity contribution in [3.05, 3.63) is 117 Å². The fraction of sp³-hybridized carbons (Fsp3) is 0.378. The molecule has 2 aliphatic heterocycles. The number of carbonyl (C=O) groups excluding carboxylic acids is 1. The number of halogens is 2. The maximum Gasteiger partial charge on any atom is 0.296 e. The Morgan fingerprint density at radius 1 is 1.11 bits per heavy atom. The van der Waals surface area contributed by atoms with Crippen LogP contribution in [0.1, 0.15) is 56.0 Å². The molecule has 1 unspecified atom stereocenters. The highest BCUT2D eigenvalue weighted by Crippen LogP contribution is 2.43. The number of H-pyrrole nitrogens is 1. The van der Waals surface area contributed by atoms with Gasteiger partial charge in [-0.1, -0.05) is 43.2 Å². The number of aromatic nitrogens is 2. The number of anilines is 2. The highest BCUT2D eigenvalue weighted by Gasteiger charge is 2.33. The van der Waals surface area contributed by atoms with Gasteiger partial charge < -0.3 is 29.4 Å². The van der Waals surface area contributed by atoms with E-state index in [1.54, 1.807) is 24.4 Å². The van der Waals surface area contributed by atoms with Crippen LogP contribution in [0.4, 0.5) is 21.5 Å². The van der Waals surface area contributed by atoms with E-state index in [-0.39, 0.29) is 35.9 Å². The van der Waals surface area contributed by atoms with Crippen LogP contribution >= 0.6 is 11.6 Å². The average molecular weight is 902 g/mol. The van der Waals surface area contributed by atoms with E-state index in [9.17, 15) is 23.3 Å². The average Bonchev–Trinajstić information content (AvgIpc) is 3.72. The number of amides is 1. The molecule has 1 aliphatic carbocycles. The van der Waals surface area contributed by atoms with Crippen molar-refractivity contribution >= 4 is 61.2 Å². The number of rotatable bonds is 13. The van der Waals surface area contributed by atoms with Gasteiger partial charge in [-0.2, -0.15) is 0 Å². The number of nitrogens with one attached hydrogen (secondary N) is 3. The fourth-order valence-corrected chi connectivity index (χ4v) is 9.63. The minimum absolute atomic E-state index is 0.0246. The summed E-state index contributed by atoms with van der Waals surface area (Å²) in [7, 11) is -4.85. The minimum atomic E-state index is -4.85. The zero-order chi connectivity index (χ0) is 44.5. The molecule has 3 aliphatic rings. The predicted molar refractivity (Wildman–Crippen MR) is 239 cm³/mol. The lowest BCUT2D eigenvalue weighted by Gasteiger charge is -2.43. The highest BCUT2D eigenvalue weighted by molar-refractivity contribution is 7.90. The third kappa shape index (κ3) is 10.1. The van der Waals surface area contributed by atoms with Crippen molar-refractivity contribution < 1.29 is 36.7 Å². The van der Waals surface area contributed by atoms with Gasteiger partial charge in [-0.15, -0.1) is 0 Å². The van der Waals surface area contributed by atoms with Gasteiger partial charge in [0.15, 0.2) is 5.82 Å². The van der Waals surface area contributed by atoms with Gasteiger partial charge in [0, 0.05) is 73.2 Å². The Morgan fingerprint density at radius 2 is 1.92 bits per heavy atom. The maximum absolute atomic E-state index is 15.5. The SMILES string of the molecule is C[C@@H]1CN(c2ccc(C(=O)NS(=O)(=O)c3cc(F)c(NCC4COCCO4)c([N+](=O)[O-])c3)c(Oc3cnc4[nH]ccc4c3)c2)CCN1CC1=C(c2ccc(Cl)cc2)CCC(C)(C)C1. The number of carbonyl (C=O) groups is 1. The number of sulfonamides is 1. The van der Waals surface area contributed by atoms with Crippen molar-refractivity contribution in [3.8, 4) is 11.5 Å². The number of allylic oxidation sites excluding steroid dienone is 1. The molecular weight excluding hydrogens is 853 g/mol. The van der Waals surface area contributed by atoms with Crippen LogP contribution in [-0.4, -0.2) is 98.8 Å². The van der Waals surface area contributed by atoms with Gasteiger partial charge in [0.1, 0.15) is 22.8 Å². The van der Waals surface area contributed by atoms with E-state index in [2.05, 4.69) is 58.0 Å². The molecule has 3 N–H and O–H groups in total. The molecule has 2 aromatic heterocycles. The topological polar surface area (TPSA) is 181 Å². The summed E-state index contributed by atoms with van der Waals surface area (Å²) >= 11 is 6.24. The van der Waals surface area contributed by atoms with Gasteiger partial charge >= 0.3 is 0 Å². The highest BCUT2D eigenvalue weighted by atomic mass is 35.5. The number of fused-ring (bicyclic) bond motifs is 1. The van der Waals surface area contributed by atoms with Crippen molar-refractivity contribution in [3.63, 3.8) is 0 Å². The van der Waals surface area contributed by atoms with Crippen molar-refractivity contribution in [2.45, 2.75) is 57.1 Å². The van der Waals surface area contributed by atoms with Gasteiger partial charge in [-0.3, -0.25) is 19.8 Å². The van der Waals surface area contributed by atoms with E-state index in [4.69, 9.17) is 25.8 Å². The number of hydrogen-bond acceptors (Lipinski definition) is 12. The molecule has 0 saturated carbocycles. The molecule has 2 atom stereocenters. The first-order chi connectivity index (χ1) is 30.1. The number of ether oxygens (including phenoxy) is 3. The van der Waals surface area contributed by atoms with Gasteiger partial charge in [0.2, 0.25) is 0 Å². The largest absolute Gasteiger partial charge is 0.455 e. The molecule has 0 bridgehead atoms. The van der Waals surface area contributed by atoms with E-state index in [1.165, 1.54) is 29.0 Å². The maximum atomic E-state index is 15.5. The summed E-state index contributed by atoms with van der Waals surface area (Å²) in [6, 6.07) is 18.0. The predicted octanol–water partition coefficient (Wildman–Crippen LogP) is 8.18. The normalized spacial score (nSPS) is 19.5. The van der Waals surface area contributed by atoms with Crippen molar-refractivity contribution in [1.82, 2.24) is 19.6 Å². The second-order valence-electron chi connectivity index (χ2n) is 17.0. The standard InChI is InChI=1S/C45H49ClFN7O8S/c1-28-25-53(15-14-52(28)26-31-22-45(2,3)12-10-37(31)29-4-6-32(46)7-5-29)33-8-9-38(41(19-33)62-34-18-30-11-13-48-43(30)50-23-34)44(55)51-63(58,59)36-20-39(47)42(40(21-36)54(56)57)49-24-35-27-60-16-17-61-35/h4-9,11,13,18-21,23,28,35,49H,10,12,14-17,22,24-27H2,1-3H3,(H,48,50)(H,51,55)/t28-,35?/m1/s1. The molecule has 1 amide bonds. The second kappa shape index (κ2) is 18.3. The Bertz CT molecular complexity index is 2670. The molecule has 332 valence electrons. The Kier molecular flexibility index (Phi) is 12.8. The van der Waals surface area contributed by atoms with Crippen molar-refractivity contribution in [2.75, 3.05) is 62.8 Å². The first-order valence-corrected chi connectivity index (χ1v) is 22.7. The van der Waals surface area contributed by atoms with Crippen LogP contribution < -0.4 is 19.7 Å². The molecule has 2 saturated heterocycles. The quantitative estimate of drug-likeness (QED) is 0.0763. The van der Waals surface area contributed by atoms with Crippen LogP contribution in [0.5, 0.6) is 11.5 Å². The Morgan fingerprint density at radius 3 is 2.67 bits per heavy atom. The number of hydrogen-bond donors (Lipinski definition) is 3. The third-order valence-electron chi connectivity index (χ3n) is 11.9. The lowest BCUT2D eigenvalue weighted by Crippen LogP contribution is -2.52. The summed E-state index contributed by atoms with van der Waals surface area (Å²) in [6.07, 6.45) is 5.83. The van der Waals surface area contributed by atoms with Gasteiger partial charge in [-0.05, 0) is 85.2 Å². The van der Waals surface area contributed by atoms with Gasteiger partial charge in [0.05, 0.1) is 47.5 Å². The summed E-state index contributed by atoms with van der Waals surface area (Å²) in [4.78, 5) is 36.4. The van der Waals surface area contributed by atoms with E-state index >= 15 is 4.39 Å². The second-order valence-corrected chi connectivity index (χ2v) is 19.1. The number of benzene rings is 3. The van der Waals surface area contributed by atoms with Gasteiger partial charge in [0.25, 0.3) is 21.6 Å². The van der Waals surface area contributed by atoms with E-state index in [1.807, 2.05) is 22.9 Å². The Hall–Kier alpha value is -5.59. The van der Waals surface area contributed by atoms with Gasteiger partial charge in [-0.25, -0.2) is 22.5 Å². The summed E-state index contributed by atoms with van der Waals surface area (Å²) in [5, 5.41) is 16.2. The van der Waals surface area contributed by atoms with Crippen LogP contribution in [-0.2, 0) is 19.5 Å². The third-order valence-corrected chi connectivity index (χ3v) is 13.4. The monoisotopic (exact) mass is 901 g/mol. The molecular formula is C45H49ClFN7O8S. The zero-order valence-electron chi connectivity index (χ0n) is 35.2. The first-order valence-electron chi connectivity index (χ1n) is 20.8. The van der Waals surface area contributed by atoms with Crippen molar-refractivity contribution in [2.24, 2.45) is 5.41 Å². The molecule has 0 radical (unpaired) electrons. The van der Waals surface area contributed by atoms with Crippen LogP contribution in [0.3, 0.4) is 0 Å². The molecule has 3 aromatic carbocycles. The number of nitro groups is 1. The van der Waals surface area contributed by atoms with Crippen molar-refractivity contribution in [1.29, 1.82) is 0 Å². The molecule has 18 heteroatoms. The molecule has 5 aromatic rings. The smallest absolute Gasteiger partial charge is 0.296 e. The molecule has 0 spiro atoms. The Balaban J connectivity index is 1.03. The van der Waals surface area contributed by atoms with Crippen LogP contribution in [0.2, 0.25) is 5.02 Å². The zero-order valence-corrected chi connectivity index (χ0v) is 36.7. The number of nitro benzene ring substituents is 1. The Labute approximate surface area is 369 Å². The summed E-state index contributed by atoms with van der Waals surface area (Å²) in [6.45, 7) is 10.7. The summed E-state index contributed by atoms with van der Waals surface area (Å²) in [5.74, 6) is -1.96. The number of aromatic amines is 1. The molecule has 4 heterocycles. The lowest BCUT2D eigenvalue weighted by atomic mass is 9.72. The fourth-order valence-electron chi connectivity index (χ4n) is 8.50. The minimum Gasteiger partial charge on any atom is -0.455 e. The molecule has 8 rings (SSSR count). The van der Waals surface area contributed by atoms with Crippen LogP contribution in [0.25, 0.3) is 16.6 Å². The van der Waals surface area contributed by atoms with E-state index in [0.29, 0.717) is 54.9 Å². The molecule has 63 heavy (non-hydrogen) atoms. The number of nitrogens with zero attached hydrogens (tertiary/aromatic N) is 4. The van der Waals surface area contributed by atoms with E-state index in [0.717, 1.165) is 43.4 Å². The van der Waals surface area contributed by atoms with Crippen LogP contribution in [0.15, 0.2) is 89.6 Å². The number of pyridine rings is 1. The summed E-state index contributed by atoms with van der Waals surface area (Å²) < 4.78 is 61.9. The molecule has 15 nitrogen and oxygen atoms in total. The molecule has 2 fully saturated rings. The number of piperazine rings is 1. The first kappa shape index (κ1) is 44.0.